The second kappa shape index (κ2) is 5.70. The fourth-order valence-electron chi connectivity index (χ4n) is 2.21. The summed E-state index contributed by atoms with van der Waals surface area (Å²) in [7, 11) is -3.17. The number of hydrogen-bond acceptors (Lipinski definition) is 4. The van der Waals surface area contributed by atoms with E-state index in [1.54, 1.807) is 17.3 Å². The Kier molecular flexibility index (Phi) is 4.20. The van der Waals surface area contributed by atoms with Gasteiger partial charge in [-0.25, -0.2) is 22.9 Å². The van der Waals surface area contributed by atoms with E-state index in [2.05, 4.69) is 9.71 Å². The molecule has 0 bridgehead atoms. The largest absolute Gasteiger partial charge is 0.329 e. The number of aromatic nitrogens is 2. The third-order valence-corrected chi connectivity index (χ3v) is 3.84. The zero-order valence-corrected chi connectivity index (χ0v) is 11.6. The van der Waals surface area contributed by atoms with Gasteiger partial charge in [-0.1, -0.05) is 0 Å². The van der Waals surface area contributed by atoms with Crippen molar-refractivity contribution in [3.05, 3.63) is 18.7 Å². The van der Waals surface area contributed by atoms with Crippen LogP contribution in [-0.4, -0.2) is 54.8 Å². The van der Waals surface area contributed by atoms with Gasteiger partial charge in [0, 0.05) is 32.0 Å². The average Bonchev–Trinajstić information content (AvgIpc) is 2.89. The molecule has 1 N–H and O–H groups in total. The predicted molar refractivity (Wildman–Crippen MR) is 70.2 cm³/mol. The van der Waals surface area contributed by atoms with Crippen molar-refractivity contribution in [2.24, 2.45) is 5.92 Å². The molecule has 2 rings (SSSR count). The van der Waals surface area contributed by atoms with Crippen LogP contribution in [0.25, 0.3) is 0 Å². The second-order valence-corrected chi connectivity index (χ2v) is 6.66. The monoisotopic (exact) mass is 286 g/mol. The zero-order valence-electron chi connectivity index (χ0n) is 10.8. The van der Waals surface area contributed by atoms with Crippen LogP contribution in [0.2, 0.25) is 0 Å². The Morgan fingerprint density at radius 3 is 2.95 bits per heavy atom. The minimum Gasteiger partial charge on any atom is -0.324 e. The predicted octanol–water partition coefficient (Wildman–Crippen LogP) is 0.112. The third-order valence-electron chi connectivity index (χ3n) is 3.15. The zero-order chi connectivity index (χ0) is 13.9. The third kappa shape index (κ3) is 4.03. The summed E-state index contributed by atoms with van der Waals surface area (Å²) >= 11 is 0. The lowest BCUT2D eigenvalue weighted by Gasteiger charge is -2.32. The molecule has 1 fully saturated rings. The van der Waals surface area contributed by atoms with E-state index in [9.17, 15) is 13.2 Å². The van der Waals surface area contributed by atoms with Gasteiger partial charge in [-0.3, -0.25) is 4.57 Å². The van der Waals surface area contributed by atoms with E-state index < -0.39 is 10.0 Å². The molecular weight excluding hydrogens is 268 g/mol. The first kappa shape index (κ1) is 14.0. The van der Waals surface area contributed by atoms with Crippen molar-refractivity contribution in [3.8, 4) is 0 Å². The smallest absolute Gasteiger partial charge is 0.324 e. The van der Waals surface area contributed by atoms with Crippen LogP contribution in [0.5, 0.6) is 0 Å². The number of imidazole rings is 1. The number of nitrogens with one attached hydrogen (secondary N) is 1. The van der Waals surface area contributed by atoms with Crippen molar-refractivity contribution in [1.82, 2.24) is 19.2 Å². The highest BCUT2D eigenvalue weighted by atomic mass is 32.2. The Balaban J connectivity index is 1.92. The minimum absolute atomic E-state index is 0.110. The number of sulfonamides is 1. The summed E-state index contributed by atoms with van der Waals surface area (Å²) in [5.41, 5.74) is 0. The summed E-state index contributed by atoms with van der Waals surface area (Å²) in [6, 6.07) is -0.110. The van der Waals surface area contributed by atoms with Crippen LogP contribution in [-0.2, 0) is 10.0 Å². The van der Waals surface area contributed by atoms with Crippen molar-refractivity contribution in [2.45, 2.75) is 12.8 Å². The van der Waals surface area contributed by atoms with Gasteiger partial charge in [0.25, 0.3) is 0 Å². The van der Waals surface area contributed by atoms with Crippen LogP contribution in [0, 0.1) is 5.92 Å². The quantitative estimate of drug-likeness (QED) is 0.855. The summed E-state index contributed by atoms with van der Waals surface area (Å²) in [6.45, 7) is 1.65. The molecule has 0 saturated carbocycles. The maximum absolute atomic E-state index is 12.1. The number of piperidine rings is 1. The standard InChI is InChI=1S/C11H18N4O3S/c1-19(17,18)13-7-10-3-2-5-14(8-10)11(16)15-6-4-12-9-15/h4,6,9-10,13H,2-3,5,7-8H2,1H3. The first-order valence-electron chi connectivity index (χ1n) is 6.17. The molecule has 0 spiro atoms. The van der Waals surface area contributed by atoms with Crippen LogP contribution in [0.1, 0.15) is 12.8 Å². The van der Waals surface area contributed by atoms with Gasteiger partial charge >= 0.3 is 6.03 Å². The molecule has 0 aliphatic carbocycles. The Hall–Kier alpha value is -1.41. The second-order valence-electron chi connectivity index (χ2n) is 4.83. The van der Waals surface area contributed by atoms with Crippen molar-refractivity contribution in [3.63, 3.8) is 0 Å². The normalized spacial score (nSPS) is 20.5. The molecule has 19 heavy (non-hydrogen) atoms. The van der Waals surface area contributed by atoms with Crippen molar-refractivity contribution in [1.29, 1.82) is 0 Å². The number of carbonyl (C=O) groups is 1. The summed E-state index contributed by atoms with van der Waals surface area (Å²) in [5, 5.41) is 0. The van der Waals surface area contributed by atoms with E-state index in [-0.39, 0.29) is 11.9 Å². The van der Waals surface area contributed by atoms with Crippen LogP contribution in [0.3, 0.4) is 0 Å². The molecule has 0 aromatic carbocycles. The van der Waals surface area contributed by atoms with Crippen LogP contribution >= 0.6 is 0 Å². The Bertz CT molecular complexity index is 526. The van der Waals surface area contributed by atoms with Gasteiger partial charge < -0.3 is 4.90 Å². The SMILES string of the molecule is CS(=O)(=O)NCC1CCCN(C(=O)n2ccnc2)C1. The lowest BCUT2D eigenvalue weighted by molar-refractivity contribution is 0.167. The summed E-state index contributed by atoms with van der Waals surface area (Å²) < 4.78 is 26.1. The molecule has 1 aromatic heterocycles. The topological polar surface area (TPSA) is 84.3 Å². The van der Waals surface area contributed by atoms with Crippen molar-refractivity contribution < 1.29 is 13.2 Å². The van der Waals surface area contributed by atoms with E-state index >= 15 is 0 Å². The van der Waals surface area contributed by atoms with Crippen LogP contribution in [0.15, 0.2) is 18.7 Å². The highest BCUT2D eigenvalue weighted by molar-refractivity contribution is 7.88. The molecule has 2 heterocycles. The van der Waals surface area contributed by atoms with Gasteiger partial charge in [0.05, 0.1) is 6.26 Å². The van der Waals surface area contributed by atoms with E-state index in [4.69, 9.17) is 0 Å². The molecule has 8 heteroatoms. The van der Waals surface area contributed by atoms with Gasteiger partial charge in [0.15, 0.2) is 0 Å². The molecule has 7 nitrogen and oxygen atoms in total. The number of carbonyl (C=O) groups excluding carboxylic acids is 1. The number of hydrogen-bond donors (Lipinski definition) is 1. The molecule has 1 aliphatic rings. The van der Waals surface area contributed by atoms with Crippen LogP contribution in [0.4, 0.5) is 4.79 Å². The van der Waals surface area contributed by atoms with Gasteiger partial charge in [-0.15, -0.1) is 0 Å². The van der Waals surface area contributed by atoms with E-state index in [1.165, 1.54) is 10.9 Å². The van der Waals surface area contributed by atoms with E-state index in [1.807, 2.05) is 0 Å². The van der Waals surface area contributed by atoms with Crippen molar-refractivity contribution in [2.75, 3.05) is 25.9 Å². The highest BCUT2D eigenvalue weighted by Crippen LogP contribution is 2.16. The maximum Gasteiger partial charge on any atom is 0.329 e. The fraction of sp³-hybridized carbons (Fsp3) is 0.636. The van der Waals surface area contributed by atoms with Gasteiger partial charge in [-0.2, -0.15) is 0 Å². The lowest BCUT2D eigenvalue weighted by atomic mass is 9.99. The minimum atomic E-state index is -3.17. The molecule has 1 amide bonds. The van der Waals surface area contributed by atoms with E-state index in [0.717, 1.165) is 19.1 Å². The molecule has 0 radical (unpaired) electrons. The summed E-state index contributed by atoms with van der Waals surface area (Å²) in [5.74, 6) is 0.163. The maximum atomic E-state index is 12.1. The molecular formula is C11H18N4O3S. The van der Waals surface area contributed by atoms with Crippen molar-refractivity contribution >= 4 is 16.1 Å². The first-order chi connectivity index (χ1) is 8.96. The molecule has 1 atom stereocenters. The molecule has 1 aliphatic heterocycles. The Morgan fingerprint density at radius 2 is 2.32 bits per heavy atom. The number of amides is 1. The number of rotatable bonds is 3. The summed E-state index contributed by atoms with van der Waals surface area (Å²) in [4.78, 5) is 17.7. The lowest BCUT2D eigenvalue weighted by Crippen LogP contribution is -2.44. The number of nitrogens with zero attached hydrogens (tertiary/aromatic N) is 3. The van der Waals surface area contributed by atoms with Gasteiger partial charge in [-0.05, 0) is 18.8 Å². The van der Waals surface area contributed by atoms with Gasteiger partial charge in [0.2, 0.25) is 10.0 Å². The molecule has 1 unspecified atom stereocenters. The van der Waals surface area contributed by atoms with Gasteiger partial charge in [0.1, 0.15) is 6.33 Å². The number of likely N-dealkylation sites (tertiary alicyclic amines) is 1. The highest BCUT2D eigenvalue weighted by Gasteiger charge is 2.24. The van der Waals surface area contributed by atoms with E-state index in [0.29, 0.717) is 19.6 Å². The van der Waals surface area contributed by atoms with Crippen LogP contribution < -0.4 is 4.72 Å². The Morgan fingerprint density at radius 1 is 1.53 bits per heavy atom. The fourth-order valence-corrected chi connectivity index (χ4v) is 2.75. The molecule has 1 saturated heterocycles. The average molecular weight is 286 g/mol. The Labute approximate surface area is 112 Å². The first-order valence-corrected chi connectivity index (χ1v) is 8.07. The molecule has 106 valence electrons. The summed E-state index contributed by atoms with van der Waals surface area (Å²) in [6.07, 6.45) is 7.60. The molecule has 1 aromatic rings.